The normalized spacial score (nSPS) is 14.0. The summed E-state index contributed by atoms with van der Waals surface area (Å²) in [4.78, 5) is 11.3. The van der Waals surface area contributed by atoms with Gasteiger partial charge in [-0.25, -0.2) is 4.39 Å². The molecule has 0 radical (unpaired) electrons. The van der Waals surface area contributed by atoms with E-state index in [2.05, 4.69) is 4.74 Å². The van der Waals surface area contributed by atoms with Gasteiger partial charge in [0.05, 0.1) is 0 Å². The summed E-state index contributed by atoms with van der Waals surface area (Å²) in [5, 5.41) is 0. The molecule has 0 bridgehead atoms. The summed E-state index contributed by atoms with van der Waals surface area (Å²) in [5.41, 5.74) is 1.40. The van der Waals surface area contributed by atoms with Crippen LogP contribution in [0.15, 0.2) is 48.0 Å². The molecule has 124 valence electrons. The van der Waals surface area contributed by atoms with E-state index in [-0.39, 0.29) is 17.7 Å². The molecular formula is C17H10F4O3. The maximum atomic E-state index is 13.1. The minimum absolute atomic E-state index is 0.0251. The average Bonchev–Trinajstić information content (AvgIpc) is 2.53. The van der Waals surface area contributed by atoms with Crippen molar-refractivity contribution in [1.29, 1.82) is 0 Å². The van der Waals surface area contributed by atoms with Gasteiger partial charge in [-0.15, -0.1) is 13.2 Å². The van der Waals surface area contributed by atoms with Crippen LogP contribution in [0.1, 0.15) is 11.1 Å². The SMILES string of the molecule is O=CC1=C(c2ccc(F)cc2)c2cc(OC(F)(F)F)ccc2OC1. The van der Waals surface area contributed by atoms with Crippen LogP contribution in [0.2, 0.25) is 0 Å². The highest BCUT2D eigenvalue weighted by molar-refractivity contribution is 5.97. The van der Waals surface area contributed by atoms with Crippen LogP contribution in [0.4, 0.5) is 17.6 Å². The van der Waals surface area contributed by atoms with E-state index in [1.165, 1.54) is 30.3 Å². The molecule has 0 aromatic heterocycles. The topological polar surface area (TPSA) is 35.5 Å². The molecule has 0 aliphatic carbocycles. The first-order valence-corrected chi connectivity index (χ1v) is 6.84. The largest absolute Gasteiger partial charge is 0.573 e. The van der Waals surface area contributed by atoms with Crippen LogP contribution < -0.4 is 9.47 Å². The van der Waals surface area contributed by atoms with Gasteiger partial charge in [-0.1, -0.05) is 12.1 Å². The molecule has 1 aliphatic heterocycles. The predicted molar refractivity (Wildman–Crippen MR) is 77.1 cm³/mol. The van der Waals surface area contributed by atoms with Gasteiger partial charge in [0.1, 0.15) is 30.2 Å². The van der Waals surface area contributed by atoms with E-state index in [1.807, 2.05) is 0 Å². The van der Waals surface area contributed by atoms with Crippen LogP contribution >= 0.6 is 0 Å². The second-order valence-electron chi connectivity index (χ2n) is 5.02. The van der Waals surface area contributed by atoms with Crippen molar-refractivity contribution in [2.24, 2.45) is 0 Å². The highest BCUT2D eigenvalue weighted by atomic mass is 19.4. The maximum Gasteiger partial charge on any atom is 0.573 e. The minimum atomic E-state index is -4.84. The first-order chi connectivity index (χ1) is 11.4. The molecule has 1 heterocycles. The van der Waals surface area contributed by atoms with Gasteiger partial charge in [0.25, 0.3) is 0 Å². The maximum absolute atomic E-state index is 13.1. The zero-order valence-electron chi connectivity index (χ0n) is 12.1. The number of carbonyl (C=O) groups excluding carboxylic acids is 1. The van der Waals surface area contributed by atoms with E-state index >= 15 is 0 Å². The van der Waals surface area contributed by atoms with Gasteiger partial charge in [0.15, 0.2) is 0 Å². The Morgan fingerprint density at radius 2 is 1.79 bits per heavy atom. The number of carbonyl (C=O) groups is 1. The second-order valence-corrected chi connectivity index (χ2v) is 5.02. The Morgan fingerprint density at radius 3 is 2.42 bits per heavy atom. The van der Waals surface area contributed by atoms with Crippen molar-refractivity contribution < 1.29 is 31.8 Å². The number of fused-ring (bicyclic) bond motifs is 1. The van der Waals surface area contributed by atoms with Gasteiger partial charge < -0.3 is 9.47 Å². The molecule has 0 amide bonds. The van der Waals surface area contributed by atoms with Crippen LogP contribution in [-0.2, 0) is 4.79 Å². The predicted octanol–water partition coefficient (Wildman–Crippen LogP) is 4.12. The lowest BCUT2D eigenvalue weighted by atomic mass is 9.91. The molecule has 3 rings (SSSR count). The summed E-state index contributed by atoms with van der Waals surface area (Å²) in [6.45, 7) is -0.0251. The van der Waals surface area contributed by atoms with E-state index < -0.39 is 17.9 Å². The summed E-state index contributed by atoms with van der Waals surface area (Å²) in [7, 11) is 0. The molecule has 0 fully saturated rings. The third-order valence-electron chi connectivity index (χ3n) is 3.43. The van der Waals surface area contributed by atoms with E-state index in [0.717, 1.165) is 12.1 Å². The van der Waals surface area contributed by atoms with Crippen LogP contribution in [0.5, 0.6) is 11.5 Å². The Morgan fingerprint density at radius 1 is 1.08 bits per heavy atom. The number of alkyl halides is 3. The number of benzene rings is 2. The summed E-state index contributed by atoms with van der Waals surface area (Å²) >= 11 is 0. The van der Waals surface area contributed by atoms with Crippen LogP contribution in [0, 0.1) is 5.82 Å². The number of hydrogen-bond donors (Lipinski definition) is 0. The monoisotopic (exact) mass is 338 g/mol. The fourth-order valence-corrected chi connectivity index (χ4v) is 2.48. The number of ether oxygens (including phenoxy) is 2. The molecular weight excluding hydrogens is 328 g/mol. The zero-order valence-corrected chi connectivity index (χ0v) is 12.1. The molecule has 7 heteroatoms. The Balaban J connectivity index is 2.13. The minimum Gasteiger partial charge on any atom is -0.488 e. The Labute approximate surface area is 134 Å². The van der Waals surface area contributed by atoms with Gasteiger partial charge in [-0.05, 0) is 35.9 Å². The Kier molecular flexibility index (Phi) is 4.01. The van der Waals surface area contributed by atoms with Gasteiger partial charge in [-0.2, -0.15) is 0 Å². The van der Waals surface area contributed by atoms with Crippen LogP contribution in [0.3, 0.4) is 0 Å². The summed E-state index contributed by atoms with van der Waals surface area (Å²) in [6, 6.07) is 8.90. The Bertz CT molecular complexity index is 808. The summed E-state index contributed by atoms with van der Waals surface area (Å²) in [6.07, 6.45) is -4.27. The number of aldehydes is 1. The van der Waals surface area contributed by atoms with E-state index in [1.54, 1.807) is 0 Å². The van der Waals surface area contributed by atoms with E-state index in [0.29, 0.717) is 23.2 Å². The molecule has 0 saturated heterocycles. The molecule has 0 saturated carbocycles. The highest BCUT2D eigenvalue weighted by Gasteiger charge is 2.32. The van der Waals surface area contributed by atoms with Crippen LogP contribution in [0.25, 0.3) is 5.57 Å². The number of halogens is 4. The fourth-order valence-electron chi connectivity index (χ4n) is 2.48. The summed E-state index contributed by atoms with van der Waals surface area (Å²) < 4.78 is 59.7. The standard InChI is InChI=1S/C17H10F4O3/c18-12-3-1-10(2-4-12)16-11(8-22)9-23-15-6-5-13(7-14(15)16)24-17(19,20)21/h1-8H,9H2. The van der Waals surface area contributed by atoms with Gasteiger partial charge in [0, 0.05) is 16.7 Å². The van der Waals surface area contributed by atoms with E-state index in [9.17, 15) is 22.4 Å². The second kappa shape index (κ2) is 5.99. The molecule has 1 aliphatic rings. The molecule has 2 aromatic rings. The average molecular weight is 338 g/mol. The molecule has 0 N–H and O–H groups in total. The molecule has 24 heavy (non-hydrogen) atoms. The van der Waals surface area contributed by atoms with Crippen molar-refractivity contribution in [1.82, 2.24) is 0 Å². The summed E-state index contributed by atoms with van der Waals surface area (Å²) in [5.74, 6) is -0.584. The fraction of sp³-hybridized carbons (Fsp3) is 0.118. The highest BCUT2D eigenvalue weighted by Crippen LogP contribution is 2.39. The lowest BCUT2D eigenvalue weighted by molar-refractivity contribution is -0.274. The molecule has 2 aromatic carbocycles. The van der Waals surface area contributed by atoms with Crippen molar-refractivity contribution in [3.63, 3.8) is 0 Å². The number of rotatable bonds is 3. The quantitative estimate of drug-likeness (QED) is 0.624. The van der Waals surface area contributed by atoms with Gasteiger partial charge in [-0.3, -0.25) is 4.79 Å². The van der Waals surface area contributed by atoms with Crippen molar-refractivity contribution >= 4 is 11.9 Å². The first-order valence-electron chi connectivity index (χ1n) is 6.84. The number of hydrogen-bond acceptors (Lipinski definition) is 3. The molecule has 0 atom stereocenters. The van der Waals surface area contributed by atoms with Crippen LogP contribution in [-0.4, -0.2) is 19.3 Å². The molecule has 0 unspecified atom stereocenters. The lowest BCUT2D eigenvalue weighted by Gasteiger charge is -2.23. The third-order valence-corrected chi connectivity index (χ3v) is 3.43. The molecule has 3 nitrogen and oxygen atoms in total. The van der Waals surface area contributed by atoms with Crippen molar-refractivity contribution in [3.8, 4) is 11.5 Å². The zero-order chi connectivity index (χ0) is 17.3. The smallest absolute Gasteiger partial charge is 0.488 e. The van der Waals surface area contributed by atoms with Crippen molar-refractivity contribution in [2.45, 2.75) is 6.36 Å². The third kappa shape index (κ3) is 3.24. The van der Waals surface area contributed by atoms with Gasteiger partial charge in [0.2, 0.25) is 0 Å². The Hall–Kier alpha value is -2.83. The van der Waals surface area contributed by atoms with Crippen molar-refractivity contribution in [2.75, 3.05) is 6.61 Å². The first kappa shape index (κ1) is 16.0. The lowest BCUT2D eigenvalue weighted by Crippen LogP contribution is -2.18. The molecule has 0 spiro atoms. The van der Waals surface area contributed by atoms with Crippen molar-refractivity contribution in [3.05, 3.63) is 65.0 Å². The van der Waals surface area contributed by atoms with E-state index in [4.69, 9.17) is 4.74 Å². The van der Waals surface area contributed by atoms with Gasteiger partial charge >= 0.3 is 6.36 Å².